The zero-order valence-corrected chi connectivity index (χ0v) is 10.9. The third-order valence-electron chi connectivity index (χ3n) is 2.35. The molecule has 1 unspecified atom stereocenters. The van der Waals surface area contributed by atoms with Crippen LogP contribution in [0.3, 0.4) is 0 Å². The molecule has 0 amide bonds. The molecule has 1 aromatic carbocycles. The van der Waals surface area contributed by atoms with Gasteiger partial charge in [0.1, 0.15) is 5.75 Å². The average molecular weight is 240 g/mol. The van der Waals surface area contributed by atoms with Crippen molar-refractivity contribution in [3.63, 3.8) is 0 Å². The van der Waals surface area contributed by atoms with Gasteiger partial charge in [-0.25, -0.2) is 0 Å². The highest BCUT2D eigenvalue weighted by Crippen LogP contribution is 2.24. The number of hydrogen-bond acceptors (Lipinski definition) is 4. The fraction of sp³-hybridized carbons (Fsp3) is 0.500. The molecule has 0 radical (unpaired) electrons. The van der Waals surface area contributed by atoms with E-state index in [1.165, 1.54) is 0 Å². The summed E-state index contributed by atoms with van der Waals surface area (Å²) in [6.07, 6.45) is 2.12. The summed E-state index contributed by atoms with van der Waals surface area (Å²) >= 11 is 1.86. The Morgan fingerprint density at radius 2 is 2.25 bits per heavy atom. The molecule has 0 bridgehead atoms. The Morgan fingerprint density at radius 3 is 2.88 bits per heavy atom. The SMILES string of the molecule is COc1ccc(N)c(NCC(C)CSC)c1. The molecule has 1 rings (SSSR count). The molecule has 3 nitrogen and oxygen atoms in total. The molecule has 0 fully saturated rings. The Hall–Kier alpha value is -1.03. The van der Waals surface area contributed by atoms with Crippen molar-refractivity contribution in [1.82, 2.24) is 0 Å². The van der Waals surface area contributed by atoms with Crippen LogP contribution in [0, 0.1) is 5.92 Å². The molecule has 0 aliphatic rings. The molecule has 1 atom stereocenters. The zero-order chi connectivity index (χ0) is 12.0. The highest BCUT2D eigenvalue weighted by molar-refractivity contribution is 7.98. The molecule has 0 aliphatic heterocycles. The maximum absolute atomic E-state index is 5.88. The minimum atomic E-state index is 0.626. The second-order valence-electron chi connectivity index (χ2n) is 3.89. The van der Waals surface area contributed by atoms with E-state index in [0.717, 1.165) is 29.4 Å². The minimum Gasteiger partial charge on any atom is -0.497 e. The van der Waals surface area contributed by atoms with E-state index in [1.54, 1.807) is 7.11 Å². The predicted octanol–water partition coefficient (Wildman–Crippen LogP) is 2.69. The maximum atomic E-state index is 5.88. The Labute approximate surface area is 102 Å². The van der Waals surface area contributed by atoms with Crippen LogP contribution in [0.5, 0.6) is 5.75 Å². The summed E-state index contributed by atoms with van der Waals surface area (Å²) in [5, 5.41) is 3.35. The van der Waals surface area contributed by atoms with Gasteiger partial charge in [-0.05, 0) is 30.1 Å². The highest BCUT2D eigenvalue weighted by atomic mass is 32.2. The fourth-order valence-electron chi connectivity index (χ4n) is 1.44. The van der Waals surface area contributed by atoms with Gasteiger partial charge >= 0.3 is 0 Å². The molecular weight excluding hydrogens is 220 g/mol. The first-order valence-corrected chi connectivity index (χ1v) is 6.73. The molecule has 16 heavy (non-hydrogen) atoms. The first-order chi connectivity index (χ1) is 7.67. The number of nitrogen functional groups attached to an aromatic ring is 1. The average Bonchev–Trinajstić information content (AvgIpc) is 2.28. The van der Waals surface area contributed by atoms with Gasteiger partial charge in [0.05, 0.1) is 18.5 Å². The van der Waals surface area contributed by atoms with Gasteiger partial charge in [-0.2, -0.15) is 11.8 Å². The summed E-state index contributed by atoms with van der Waals surface area (Å²) in [6.45, 7) is 3.15. The summed E-state index contributed by atoms with van der Waals surface area (Å²) in [6, 6.07) is 5.66. The highest BCUT2D eigenvalue weighted by Gasteiger charge is 2.04. The lowest BCUT2D eigenvalue weighted by molar-refractivity contribution is 0.415. The van der Waals surface area contributed by atoms with Crippen LogP contribution >= 0.6 is 11.8 Å². The summed E-state index contributed by atoms with van der Waals surface area (Å²) in [7, 11) is 1.66. The first-order valence-electron chi connectivity index (χ1n) is 5.33. The Bertz CT molecular complexity index is 331. The second-order valence-corrected chi connectivity index (χ2v) is 4.81. The van der Waals surface area contributed by atoms with Crippen molar-refractivity contribution in [2.24, 2.45) is 5.92 Å². The van der Waals surface area contributed by atoms with Crippen molar-refractivity contribution in [3.05, 3.63) is 18.2 Å². The van der Waals surface area contributed by atoms with Gasteiger partial charge < -0.3 is 15.8 Å². The van der Waals surface area contributed by atoms with E-state index in [1.807, 2.05) is 30.0 Å². The van der Waals surface area contributed by atoms with Crippen LogP contribution < -0.4 is 15.8 Å². The van der Waals surface area contributed by atoms with Crippen LogP contribution in [0.1, 0.15) is 6.92 Å². The van der Waals surface area contributed by atoms with E-state index in [9.17, 15) is 0 Å². The maximum Gasteiger partial charge on any atom is 0.121 e. The van der Waals surface area contributed by atoms with Gasteiger partial charge in [-0.3, -0.25) is 0 Å². The van der Waals surface area contributed by atoms with Crippen LogP contribution in [0.25, 0.3) is 0 Å². The fourth-order valence-corrected chi connectivity index (χ4v) is 2.13. The van der Waals surface area contributed by atoms with Crippen LogP contribution in [-0.4, -0.2) is 25.7 Å². The van der Waals surface area contributed by atoms with Crippen molar-refractivity contribution in [3.8, 4) is 5.75 Å². The van der Waals surface area contributed by atoms with Gasteiger partial charge in [-0.15, -0.1) is 0 Å². The Balaban J connectivity index is 2.58. The van der Waals surface area contributed by atoms with Crippen LogP contribution in [0.4, 0.5) is 11.4 Å². The Morgan fingerprint density at radius 1 is 1.50 bits per heavy atom. The molecule has 3 N–H and O–H groups in total. The normalized spacial score (nSPS) is 12.2. The van der Waals surface area contributed by atoms with Crippen LogP contribution in [-0.2, 0) is 0 Å². The summed E-state index contributed by atoms with van der Waals surface area (Å²) in [5.41, 5.74) is 7.59. The number of ether oxygens (including phenoxy) is 1. The predicted molar refractivity (Wildman–Crippen MR) is 73.4 cm³/mol. The number of anilines is 2. The van der Waals surface area contributed by atoms with Gasteiger partial charge in [-0.1, -0.05) is 6.92 Å². The third kappa shape index (κ3) is 3.85. The lowest BCUT2D eigenvalue weighted by Crippen LogP contribution is -2.14. The van der Waals surface area contributed by atoms with Crippen molar-refractivity contribution < 1.29 is 4.74 Å². The van der Waals surface area contributed by atoms with E-state index >= 15 is 0 Å². The number of nitrogens with two attached hydrogens (primary N) is 1. The molecule has 0 saturated carbocycles. The Kier molecular flexibility index (Phi) is 5.32. The van der Waals surface area contributed by atoms with E-state index in [2.05, 4.69) is 18.5 Å². The molecule has 0 aromatic heterocycles. The number of rotatable bonds is 6. The zero-order valence-electron chi connectivity index (χ0n) is 10.1. The molecule has 0 spiro atoms. The molecule has 0 saturated heterocycles. The number of methoxy groups -OCH3 is 1. The number of nitrogens with one attached hydrogen (secondary N) is 1. The molecule has 90 valence electrons. The second kappa shape index (κ2) is 6.53. The standard InChI is InChI=1S/C12H20N2OS/c1-9(8-16-3)7-14-12-6-10(15-2)4-5-11(12)13/h4-6,9,14H,7-8,13H2,1-3H3. The van der Waals surface area contributed by atoms with Crippen molar-refractivity contribution in [1.29, 1.82) is 0 Å². The summed E-state index contributed by atoms with van der Waals surface area (Å²) in [5.74, 6) is 2.60. The van der Waals surface area contributed by atoms with Gasteiger partial charge in [0, 0.05) is 12.6 Å². The van der Waals surface area contributed by atoms with E-state index < -0.39 is 0 Å². The van der Waals surface area contributed by atoms with Crippen molar-refractivity contribution >= 4 is 23.1 Å². The summed E-state index contributed by atoms with van der Waals surface area (Å²) in [4.78, 5) is 0. The van der Waals surface area contributed by atoms with Crippen molar-refractivity contribution in [2.45, 2.75) is 6.92 Å². The van der Waals surface area contributed by atoms with Gasteiger partial charge in [0.2, 0.25) is 0 Å². The molecule has 0 heterocycles. The lowest BCUT2D eigenvalue weighted by Gasteiger charge is -2.14. The third-order valence-corrected chi connectivity index (χ3v) is 3.25. The van der Waals surface area contributed by atoms with Crippen LogP contribution in [0.2, 0.25) is 0 Å². The van der Waals surface area contributed by atoms with Crippen molar-refractivity contribution in [2.75, 3.05) is 36.7 Å². The van der Waals surface area contributed by atoms with Gasteiger partial charge in [0.25, 0.3) is 0 Å². The smallest absolute Gasteiger partial charge is 0.121 e. The van der Waals surface area contributed by atoms with E-state index in [4.69, 9.17) is 10.5 Å². The first kappa shape index (κ1) is 13.0. The molecule has 0 aliphatic carbocycles. The number of benzene rings is 1. The number of thioether (sulfide) groups is 1. The summed E-state index contributed by atoms with van der Waals surface area (Å²) < 4.78 is 5.16. The molecular formula is C12H20N2OS. The quantitative estimate of drug-likeness (QED) is 0.751. The lowest BCUT2D eigenvalue weighted by atomic mass is 10.2. The van der Waals surface area contributed by atoms with Gasteiger partial charge in [0.15, 0.2) is 0 Å². The molecule has 4 heteroatoms. The largest absolute Gasteiger partial charge is 0.497 e. The topological polar surface area (TPSA) is 47.3 Å². The number of hydrogen-bond donors (Lipinski definition) is 2. The molecule has 1 aromatic rings. The van der Waals surface area contributed by atoms with Crippen LogP contribution in [0.15, 0.2) is 18.2 Å². The van der Waals surface area contributed by atoms with E-state index in [-0.39, 0.29) is 0 Å². The monoisotopic (exact) mass is 240 g/mol. The minimum absolute atomic E-state index is 0.626. The van der Waals surface area contributed by atoms with E-state index in [0.29, 0.717) is 5.92 Å².